The van der Waals surface area contributed by atoms with Gasteiger partial charge in [-0.05, 0) is 49.2 Å². The fourth-order valence-electron chi connectivity index (χ4n) is 4.22. The van der Waals surface area contributed by atoms with Gasteiger partial charge in [0.05, 0.1) is 19.4 Å². The van der Waals surface area contributed by atoms with Gasteiger partial charge in [-0.25, -0.2) is 0 Å². The van der Waals surface area contributed by atoms with E-state index in [1.807, 2.05) is 32.9 Å². The first kappa shape index (κ1) is 22.4. The van der Waals surface area contributed by atoms with Crippen LogP contribution in [0.25, 0.3) is 0 Å². The number of esters is 2. The van der Waals surface area contributed by atoms with Gasteiger partial charge in [0, 0.05) is 6.42 Å². The second-order valence-corrected chi connectivity index (χ2v) is 8.66. The molecule has 0 aromatic carbocycles. The van der Waals surface area contributed by atoms with Crippen molar-refractivity contribution in [3.05, 3.63) is 23.3 Å². The van der Waals surface area contributed by atoms with Crippen LogP contribution in [-0.4, -0.2) is 30.4 Å². The van der Waals surface area contributed by atoms with E-state index in [1.54, 1.807) is 6.92 Å². The molecule has 0 bridgehead atoms. The first-order valence-electron chi connectivity index (χ1n) is 10.5. The third-order valence-corrected chi connectivity index (χ3v) is 5.84. The molecule has 0 aromatic heterocycles. The van der Waals surface area contributed by atoms with Crippen LogP contribution in [0.15, 0.2) is 23.3 Å². The second kappa shape index (κ2) is 10.0. The van der Waals surface area contributed by atoms with Gasteiger partial charge in [-0.2, -0.15) is 0 Å². The highest BCUT2D eigenvalue weighted by molar-refractivity contribution is 6.01. The lowest BCUT2D eigenvalue weighted by atomic mass is 9.71. The van der Waals surface area contributed by atoms with Crippen molar-refractivity contribution in [1.82, 2.24) is 0 Å². The Morgan fingerprint density at radius 2 is 1.75 bits per heavy atom. The number of carbonyl (C=O) groups excluding carboxylic acids is 3. The lowest BCUT2D eigenvalue weighted by molar-refractivity contribution is -0.158. The fourth-order valence-corrected chi connectivity index (χ4v) is 4.22. The third-order valence-electron chi connectivity index (χ3n) is 5.84. The minimum absolute atomic E-state index is 0.00546. The minimum atomic E-state index is -0.783. The molecule has 5 heteroatoms. The predicted octanol–water partition coefficient (Wildman–Crippen LogP) is 4.69. The van der Waals surface area contributed by atoms with E-state index in [0.29, 0.717) is 24.5 Å². The van der Waals surface area contributed by atoms with Gasteiger partial charge in [0.15, 0.2) is 11.9 Å². The van der Waals surface area contributed by atoms with Gasteiger partial charge in [0.2, 0.25) is 0 Å². The first-order valence-corrected chi connectivity index (χ1v) is 10.5. The molecule has 2 aliphatic carbocycles. The molecule has 1 unspecified atom stereocenters. The summed E-state index contributed by atoms with van der Waals surface area (Å²) in [6, 6.07) is 0. The molecule has 0 radical (unpaired) electrons. The monoisotopic (exact) mass is 390 g/mol. The molecule has 5 nitrogen and oxygen atoms in total. The number of ketones is 1. The molecular weight excluding hydrogens is 356 g/mol. The normalized spacial score (nSPS) is 23.1. The summed E-state index contributed by atoms with van der Waals surface area (Å²) in [4.78, 5) is 36.7. The molecule has 0 amide bonds. The topological polar surface area (TPSA) is 69.7 Å². The number of carbonyl (C=O) groups is 3. The van der Waals surface area contributed by atoms with Crippen molar-refractivity contribution in [3.8, 4) is 0 Å². The van der Waals surface area contributed by atoms with E-state index in [1.165, 1.54) is 19.3 Å². The van der Waals surface area contributed by atoms with Gasteiger partial charge in [-0.15, -0.1) is 0 Å². The molecule has 1 fully saturated rings. The summed E-state index contributed by atoms with van der Waals surface area (Å²) in [7, 11) is 0. The van der Waals surface area contributed by atoms with Crippen LogP contribution < -0.4 is 0 Å². The molecule has 156 valence electrons. The SMILES string of the molecule is CC=CC1=C(C)C(=O)C(OC(=O)CCC(=O)OCC2CCCCC2)CC1(C)C. The Bertz CT molecular complexity index is 650. The molecular formula is C23H34O5. The van der Waals surface area contributed by atoms with Crippen molar-refractivity contribution in [1.29, 1.82) is 0 Å². The smallest absolute Gasteiger partial charge is 0.307 e. The molecule has 28 heavy (non-hydrogen) atoms. The van der Waals surface area contributed by atoms with Crippen LogP contribution in [0.1, 0.15) is 79.1 Å². The number of hydrogen-bond acceptors (Lipinski definition) is 5. The van der Waals surface area contributed by atoms with Crippen LogP contribution in [0.3, 0.4) is 0 Å². The summed E-state index contributed by atoms with van der Waals surface area (Å²) >= 11 is 0. The zero-order chi connectivity index (χ0) is 20.7. The largest absolute Gasteiger partial charge is 0.465 e. The lowest BCUT2D eigenvalue weighted by Crippen LogP contribution is -2.39. The van der Waals surface area contributed by atoms with Crippen LogP contribution in [0.4, 0.5) is 0 Å². The van der Waals surface area contributed by atoms with Crippen molar-refractivity contribution in [2.45, 2.75) is 85.2 Å². The predicted molar refractivity (Wildman–Crippen MR) is 108 cm³/mol. The van der Waals surface area contributed by atoms with E-state index in [2.05, 4.69) is 0 Å². The molecule has 1 saturated carbocycles. The van der Waals surface area contributed by atoms with Crippen molar-refractivity contribution in [3.63, 3.8) is 0 Å². The van der Waals surface area contributed by atoms with E-state index in [-0.39, 0.29) is 30.0 Å². The molecule has 0 N–H and O–H groups in total. The number of ether oxygens (including phenoxy) is 2. The molecule has 0 saturated heterocycles. The van der Waals surface area contributed by atoms with E-state index in [4.69, 9.17) is 9.47 Å². The minimum Gasteiger partial charge on any atom is -0.465 e. The molecule has 0 heterocycles. The highest BCUT2D eigenvalue weighted by Crippen LogP contribution is 2.40. The van der Waals surface area contributed by atoms with Crippen molar-refractivity contribution in [2.75, 3.05) is 6.61 Å². The zero-order valence-electron chi connectivity index (χ0n) is 17.7. The second-order valence-electron chi connectivity index (χ2n) is 8.66. The van der Waals surface area contributed by atoms with Crippen LogP contribution >= 0.6 is 0 Å². The molecule has 1 atom stereocenters. The molecule has 0 aromatic rings. The van der Waals surface area contributed by atoms with Gasteiger partial charge in [0.25, 0.3) is 0 Å². The van der Waals surface area contributed by atoms with Gasteiger partial charge in [0.1, 0.15) is 0 Å². The van der Waals surface area contributed by atoms with Gasteiger partial charge in [-0.3, -0.25) is 14.4 Å². The third kappa shape index (κ3) is 6.05. The van der Waals surface area contributed by atoms with E-state index < -0.39 is 12.1 Å². The summed E-state index contributed by atoms with van der Waals surface area (Å²) in [6.45, 7) is 8.23. The summed E-state index contributed by atoms with van der Waals surface area (Å²) in [5.74, 6) is -0.594. The Labute approximate surface area is 168 Å². The average Bonchev–Trinajstić information content (AvgIpc) is 2.66. The van der Waals surface area contributed by atoms with Crippen molar-refractivity contribution in [2.24, 2.45) is 11.3 Å². The Hall–Kier alpha value is -1.91. The highest BCUT2D eigenvalue weighted by atomic mass is 16.5. The maximum Gasteiger partial charge on any atom is 0.307 e. The summed E-state index contributed by atoms with van der Waals surface area (Å²) in [5, 5.41) is 0. The fraction of sp³-hybridized carbons (Fsp3) is 0.696. The standard InChI is InChI=1S/C23H34O5/c1-5-9-18-16(2)22(26)19(14-23(18,3)4)28-21(25)13-12-20(24)27-15-17-10-7-6-8-11-17/h5,9,17,19H,6-8,10-15H2,1-4H3. The summed E-state index contributed by atoms with van der Waals surface area (Å²) in [5.41, 5.74) is 1.37. The number of allylic oxidation sites excluding steroid dienone is 3. The highest BCUT2D eigenvalue weighted by Gasteiger charge is 2.39. The van der Waals surface area contributed by atoms with Crippen LogP contribution in [0.5, 0.6) is 0 Å². The van der Waals surface area contributed by atoms with Crippen LogP contribution in [-0.2, 0) is 23.9 Å². The maximum atomic E-state index is 12.6. The average molecular weight is 391 g/mol. The lowest BCUT2D eigenvalue weighted by Gasteiger charge is -2.36. The van der Waals surface area contributed by atoms with Gasteiger partial charge < -0.3 is 9.47 Å². The zero-order valence-corrected chi connectivity index (χ0v) is 17.7. The maximum absolute atomic E-state index is 12.6. The van der Waals surface area contributed by atoms with Crippen LogP contribution in [0, 0.1) is 11.3 Å². The van der Waals surface area contributed by atoms with Gasteiger partial charge in [-0.1, -0.05) is 45.3 Å². The Balaban J connectivity index is 1.81. The van der Waals surface area contributed by atoms with E-state index in [9.17, 15) is 14.4 Å². The Morgan fingerprint density at radius 3 is 2.39 bits per heavy atom. The number of rotatable bonds is 7. The quantitative estimate of drug-likeness (QED) is 0.590. The van der Waals surface area contributed by atoms with E-state index >= 15 is 0 Å². The molecule has 0 spiro atoms. The van der Waals surface area contributed by atoms with Crippen molar-refractivity contribution < 1.29 is 23.9 Å². The summed E-state index contributed by atoms with van der Waals surface area (Å²) < 4.78 is 10.7. The molecule has 0 aliphatic heterocycles. The van der Waals surface area contributed by atoms with Crippen molar-refractivity contribution >= 4 is 17.7 Å². The summed E-state index contributed by atoms with van der Waals surface area (Å²) in [6.07, 6.45) is 9.34. The Kier molecular flexibility index (Phi) is 8.02. The van der Waals surface area contributed by atoms with Gasteiger partial charge >= 0.3 is 11.9 Å². The molecule has 2 aliphatic rings. The molecule has 2 rings (SSSR count). The number of hydrogen-bond donors (Lipinski definition) is 0. The van der Waals surface area contributed by atoms with Crippen LogP contribution in [0.2, 0.25) is 0 Å². The van der Waals surface area contributed by atoms with E-state index in [0.717, 1.165) is 18.4 Å². The first-order chi connectivity index (χ1) is 13.2. The Morgan fingerprint density at radius 1 is 1.11 bits per heavy atom. The number of Topliss-reactive ketones (excluding diaryl/α,β-unsaturated/α-hetero) is 1.